The molecule has 1 N–H and O–H groups in total. The van der Waals surface area contributed by atoms with Gasteiger partial charge in [-0.1, -0.05) is 17.7 Å². The number of nitrogens with one attached hydrogen (secondary N) is 1. The topological polar surface area (TPSA) is 72.2 Å². The van der Waals surface area contributed by atoms with Crippen LogP contribution >= 0.6 is 34.3 Å². The third-order valence-electron chi connectivity index (χ3n) is 3.58. The maximum atomic E-state index is 12.5. The van der Waals surface area contributed by atoms with Crippen molar-refractivity contribution in [3.05, 3.63) is 57.3 Å². The molecular formula is C16H12ClN5OS2. The van der Waals surface area contributed by atoms with Gasteiger partial charge in [-0.3, -0.25) is 9.20 Å². The van der Waals surface area contributed by atoms with Crippen LogP contribution in [0.5, 0.6) is 0 Å². The van der Waals surface area contributed by atoms with Crippen molar-refractivity contribution >= 4 is 45.8 Å². The summed E-state index contributed by atoms with van der Waals surface area (Å²) in [6, 6.07) is 9.40. The van der Waals surface area contributed by atoms with Gasteiger partial charge in [-0.05, 0) is 31.2 Å². The van der Waals surface area contributed by atoms with Gasteiger partial charge in [0.1, 0.15) is 9.88 Å². The second-order valence-electron chi connectivity index (χ2n) is 5.27. The number of rotatable bonds is 4. The molecule has 4 rings (SSSR count). The minimum atomic E-state index is -0.170. The zero-order valence-corrected chi connectivity index (χ0v) is 15.5. The van der Waals surface area contributed by atoms with Crippen molar-refractivity contribution in [2.45, 2.75) is 13.5 Å². The molecule has 0 aliphatic carbocycles. The first-order valence-corrected chi connectivity index (χ1v) is 9.43. The Morgan fingerprint density at radius 1 is 1.24 bits per heavy atom. The van der Waals surface area contributed by atoms with Crippen LogP contribution in [-0.4, -0.2) is 25.5 Å². The van der Waals surface area contributed by atoms with Gasteiger partial charge < -0.3 is 5.32 Å². The third-order valence-corrected chi connectivity index (χ3v) is 6.13. The van der Waals surface area contributed by atoms with E-state index in [1.807, 2.05) is 47.9 Å². The molecule has 25 heavy (non-hydrogen) atoms. The number of fused-ring (bicyclic) bond motifs is 1. The zero-order chi connectivity index (χ0) is 17.4. The molecule has 0 aliphatic rings. The predicted octanol–water partition coefficient (Wildman–Crippen LogP) is 3.81. The highest BCUT2D eigenvalue weighted by atomic mass is 35.5. The number of pyridine rings is 1. The fraction of sp³-hybridized carbons (Fsp3) is 0.125. The number of aryl methyl sites for hydroxylation is 1. The molecule has 0 saturated carbocycles. The summed E-state index contributed by atoms with van der Waals surface area (Å²) in [6.07, 6.45) is 1.87. The summed E-state index contributed by atoms with van der Waals surface area (Å²) in [7, 11) is 0. The van der Waals surface area contributed by atoms with Gasteiger partial charge in [0.15, 0.2) is 11.5 Å². The molecule has 0 bridgehead atoms. The first-order valence-electron chi connectivity index (χ1n) is 7.42. The molecular weight excluding hydrogens is 378 g/mol. The van der Waals surface area contributed by atoms with Crippen molar-refractivity contribution < 1.29 is 4.79 Å². The number of aromatic nitrogens is 4. The number of carbonyl (C=O) groups is 1. The van der Waals surface area contributed by atoms with E-state index in [9.17, 15) is 4.79 Å². The van der Waals surface area contributed by atoms with Crippen molar-refractivity contribution in [3.8, 4) is 9.88 Å². The van der Waals surface area contributed by atoms with Crippen LogP contribution in [0.2, 0.25) is 4.34 Å². The summed E-state index contributed by atoms with van der Waals surface area (Å²) in [4.78, 5) is 18.6. The van der Waals surface area contributed by atoms with Gasteiger partial charge in [0.25, 0.3) is 5.91 Å². The number of hydrogen-bond donors (Lipinski definition) is 1. The normalized spacial score (nSPS) is 11.1. The molecule has 0 spiro atoms. The quantitative estimate of drug-likeness (QED) is 0.576. The maximum absolute atomic E-state index is 12.5. The van der Waals surface area contributed by atoms with Gasteiger partial charge in [-0.25, -0.2) is 4.98 Å². The highest BCUT2D eigenvalue weighted by molar-refractivity contribution is 7.24. The number of hydrogen-bond acceptors (Lipinski definition) is 6. The van der Waals surface area contributed by atoms with Crippen molar-refractivity contribution in [2.24, 2.45) is 0 Å². The smallest absolute Gasteiger partial charge is 0.263 e. The molecule has 126 valence electrons. The van der Waals surface area contributed by atoms with Gasteiger partial charge >= 0.3 is 0 Å². The van der Waals surface area contributed by atoms with Crippen LogP contribution in [0.4, 0.5) is 0 Å². The summed E-state index contributed by atoms with van der Waals surface area (Å²) in [5, 5.41) is 11.9. The second kappa shape index (κ2) is 6.55. The molecule has 0 unspecified atom stereocenters. The number of amides is 1. The van der Waals surface area contributed by atoms with Gasteiger partial charge in [-0.15, -0.1) is 32.9 Å². The van der Waals surface area contributed by atoms with E-state index in [1.165, 1.54) is 22.7 Å². The van der Waals surface area contributed by atoms with Crippen molar-refractivity contribution in [3.63, 3.8) is 0 Å². The van der Waals surface area contributed by atoms with Gasteiger partial charge in [-0.2, -0.15) is 0 Å². The van der Waals surface area contributed by atoms with E-state index in [-0.39, 0.29) is 5.91 Å². The maximum Gasteiger partial charge on any atom is 0.263 e. The first-order chi connectivity index (χ1) is 12.1. The van der Waals surface area contributed by atoms with Gasteiger partial charge in [0.05, 0.1) is 21.5 Å². The van der Waals surface area contributed by atoms with Crippen LogP contribution in [0, 0.1) is 6.92 Å². The molecule has 1 amide bonds. The highest BCUT2D eigenvalue weighted by Crippen LogP contribution is 2.34. The van der Waals surface area contributed by atoms with Crippen molar-refractivity contribution in [1.29, 1.82) is 0 Å². The molecule has 9 heteroatoms. The van der Waals surface area contributed by atoms with E-state index < -0.39 is 0 Å². The Morgan fingerprint density at radius 2 is 2.12 bits per heavy atom. The second-order valence-corrected chi connectivity index (χ2v) is 7.98. The molecule has 4 heterocycles. The molecule has 0 saturated heterocycles. The lowest BCUT2D eigenvalue weighted by Crippen LogP contribution is -2.23. The molecule has 0 aliphatic heterocycles. The number of thiazole rings is 1. The summed E-state index contributed by atoms with van der Waals surface area (Å²) in [5.74, 6) is 0.507. The van der Waals surface area contributed by atoms with Crippen LogP contribution in [0.1, 0.15) is 21.2 Å². The SMILES string of the molecule is Cc1nc(-c2ccc(Cl)s2)sc1C(=O)NCc1nnc2ccccn12. The van der Waals surface area contributed by atoms with Crippen LogP contribution in [0.15, 0.2) is 36.5 Å². The standard InChI is InChI=1S/C16H12ClN5OS2/c1-9-14(25-16(19-9)10-5-6-11(17)24-10)15(23)18-8-13-21-20-12-4-2-3-7-22(12)13/h2-7H,8H2,1H3,(H,18,23). The lowest BCUT2D eigenvalue weighted by atomic mass is 10.3. The highest BCUT2D eigenvalue weighted by Gasteiger charge is 2.17. The fourth-order valence-corrected chi connectivity index (χ4v) is 4.47. The Hall–Kier alpha value is -2.29. The average molecular weight is 390 g/mol. The Morgan fingerprint density at radius 3 is 2.92 bits per heavy atom. The molecule has 0 aromatic carbocycles. The molecule has 4 aromatic heterocycles. The molecule has 0 fully saturated rings. The molecule has 6 nitrogen and oxygen atoms in total. The van der Waals surface area contributed by atoms with Crippen molar-refractivity contribution in [2.75, 3.05) is 0 Å². The lowest BCUT2D eigenvalue weighted by molar-refractivity contribution is 0.0953. The van der Waals surface area contributed by atoms with Crippen LogP contribution in [0.25, 0.3) is 15.5 Å². The lowest BCUT2D eigenvalue weighted by Gasteiger charge is -2.02. The molecule has 4 aromatic rings. The third kappa shape index (κ3) is 3.15. The monoisotopic (exact) mass is 389 g/mol. The van der Waals surface area contributed by atoms with E-state index in [2.05, 4.69) is 20.5 Å². The number of nitrogens with zero attached hydrogens (tertiary/aromatic N) is 4. The summed E-state index contributed by atoms with van der Waals surface area (Å²) < 4.78 is 2.55. The van der Waals surface area contributed by atoms with Crippen molar-refractivity contribution in [1.82, 2.24) is 24.9 Å². The summed E-state index contributed by atoms with van der Waals surface area (Å²) in [6.45, 7) is 2.12. The van der Waals surface area contributed by atoms with Crippen LogP contribution < -0.4 is 5.32 Å². The first kappa shape index (κ1) is 16.2. The fourth-order valence-electron chi connectivity index (χ4n) is 2.39. The van der Waals surface area contributed by atoms with E-state index >= 15 is 0 Å². The van der Waals surface area contributed by atoms with Gasteiger partial charge in [0.2, 0.25) is 0 Å². The molecule has 0 atom stereocenters. The molecule has 0 radical (unpaired) electrons. The largest absolute Gasteiger partial charge is 0.344 e. The minimum absolute atomic E-state index is 0.170. The predicted molar refractivity (Wildman–Crippen MR) is 99.3 cm³/mol. The van der Waals surface area contributed by atoms with E-state index in [0.29, 0.717) is 27.3 Å². The van der Waals surface area contributed by atoms with Crippen LogP contribution in [-0.2, 0) is 6.54 Å². The Labute approximate surface area is 156 Å². The average Bonchev–Trinajstić information content (AvgIpc) is 3.31. The van der Waals surface area contributed by atoms with Gasteiger partial charge in [0, 0.05) is 6.20 Å². The summed E-state index contributed by atoms with van der Waals surface area (Å²) >= 11 is 8.78. The number of carbonyl (C=O) groups excluding carboxylic acids is 1. The van der Waals surface area contributed by atoms with Crippen LogP contribution in [0.3, 0.4) is 0 Å². The Bertz CT molecular complexity index is 1070. The number of halogens is 1. The van der Waals surface area contributed by atoms with E-state index in [4.69, 9.17) is 11.6 Å². The Balaban J connectivity index is 1.52. The van der Waals surface area contributed by atoms with E-state index in [0.717, 1.165) is 15.5 Å². The zero-order valence-electron chi connectivity index (χ0n) is 13.1. The van der Waals surface area contributed by atoms with E-state index in [1.54, 1.807) is 0 Å². The number of thiophene rings is 1. The summed E-state index contributed by atoms with van der Waals surface area (Å²) in [5.41, 5.74) is 1.45. The Kier molecular flexibility index (Phi) is 4.24. The minimum Gasteiger partial charge on any atom is -0.344 e.